The van der Waals surface area contributed by atoms with Crippen molar-refractivity contribution < 1.29 is 22.1 Å². The first-order valence-corrected chi connectivity index (χ1v) is 11.0. The molecule has 1 aromatic carbocycles. The molecule has 0 aliphatic heterocycles. The van der Waals surface area contributed by atoms with Gasteiger partial charge in [0.1, 0.15) is 0 Å². The summed E-state index contributed by atoms with van der Waals surface area (Å²) in [7, 11) is 18.1. The SMILES string of the molecule is CC(C)O.CN(C)Cc1[c-]c(CN(C)C)ccc1.[Cl][Ti][Cl]. The van der Waals surface area contributed by atoms with E-state index in [0.717, 1.165) is 13.1 Å². The van der Waals surface area contributed by atoms with Crippen molar-refractivity contribution in [3.05, 3.63) is 35.4 Å². The quantitative estimate of drug-likeness (QED) is 0.651. The van der Waals surface area contributed by atoms with Crippen LogP contribution in [0.5, 0.6) is 0 Å². The molecule has 1 rings (SSSR count). The Bertz CT molecular complexity index is 322. The molecule has 0 heterocycles. The van der Waals surface area contributed by atoms with Crippen molar-refractivity contribution in [1.29, 1.82) is 0 Å². The van der Waals surface area contributed by atoms with E-state index < -0.39 is 17.0 Å². The van der Waals surface area contributed by atoms with Crippen LogP contribution in [0.25, 0.3) is 0 Å². The Morgan fingerprint density at radius 1 is 1.05 bits per heavy atom. The standard InChI is InChI=1S/C12H19N2.C3H8O.2ClH.Ti/c1-13(2)9-11-6-5-7-12(8-11)10-14(3)4;1-3(2)4;;;/h5-7H,9-10H2,1-4H3;3-4H,1-2H3;2*1H;/q-1;;;;+2/p-2. The van der Waals surface area contributed by atoms with Crippen LogP contribution < -0.4 is 0 Å². The molecular weight excluding hydrogens is 343 g/mol. The molecule has 0 aliphatic carbocycles. The third-order valence-corrected chi connectivity index (χ3v) is 1.89. The van der Waals surface area contributed by atoms with Crippen molar-refractivity contribution in [2.45, 2.75) is 33.0 Å². The Hall–Kier alpha value is 0.394. The molecule has 0 amide bonds. The summed E-state index contributed by atoms with van der Waals surface area (Å²) in [5.74, 6) is 0. The average molecular weight is 370 g/mol. The van der Waals surface area contributed by atoms with E-state index in [-0.39, 0.29) is 6.10 Å². The molecule has 0 aromatic heterocycles. The van der Waals surface area contributed by atoms with E-state index in [2.05, 4.69) is 62.3 Å². The summed E-state index contributed by atoms with van der Waals surface area (Å²) in [6.45, 7) is 5.36. The van der Waals surface area contributed by atoms with E-state index in [9.17, 15) is 0 Å². The number of aliphatic hydroxyl groups excluding tert-OH is 1. The molecule has 0 spiro atoms. The van der Waals surface area contributed by atoms with Gasteiger partial charge in [-0.05, 0) is 42.0 Å². The second kappa shape index (κ2) is 15.3. The monoisotopic (exact) mass is 369 g/mol. The van der Waals surface area contributed by atoms with E-state index in [1.54, 1.807) is 13.8 Å². The van der Waals surface area contributed by atoms with Gasteiger partial charge in [0.2, 0.25) is 0 Å². The van der Waals surface area contributed by atoms with Crippen LogP contribution in [0.3, 0.4) is 0 Å². The van der Waals surface area contributed by atoms with Crippen LogP contribution in [-0.4, -0.2) is 49.2 Å². The van der Waals surface area contributed by atoms with E-state index in [0.29, 0.717) is 0 Å². The Kier molecular flexibility index (Phi) is 17.2. The fraction of sp³-hybridized carbons (Fsp3) is 0.600. The number of halogens is 2. The molecule has 0 aliphatic rings. The molecule has 0 saturated heterocycles. The van der Waals surface area contributed by atoms with E-state index in [1.165, 1.54) is 11.1 Å². The van der Waals surface area contributed by atoms with Crippen molar-refractivity contribution in [2.24, 2.45) is 0 Å². The number of rotatable bonds is 4. The Morgan fingerprint density at radius 2 is 1.33 bits per heavy atom. The summed E-state index contributed by atoms with van der Waals surface area (Å²) in [6, 6.07) is 9.78. The van der Waals surface area contributed by atoms with E-state index in [4.69, 9.17) is 23.7 Å². The van der Waals surface area contributed by atoms with Gasteiger partial charge in [0, 0.05) is 19.2 Å². The maximum absolute atomic E-state index is 8.06. The predicted octanol–water partition coefficient (Wildman–Crippen LogP) is 3.37. The zero-order valence-corrected chi connectivity index (χ0v) is 16.9. The number of benzene rings is 1. The molecule has 0 bridgehead atoms. The van der Waals surface area contributed by atoms with Gasteiger partial charge >= 0.3 is 35.6 Å². The van der Waals surface area contributed by atoms with Gasteiger partial charge in [-0.15, -0.1) is 11.1 Å². The third kappa shape index (κ3) is 20.4. The van der Waals surface area contributed by atoms with Gasteiger partial charge in [-0.2, -0.15) is 24.3 Å². The molecule has 3 nitrogen and oxygen atoms in total. The molecule has 122 valence electrons. The second-order valence-corrected chi connectivity index (χ2v) is 7.92. The summed E-state index contributed by atoms with van der Waals surface area (Å²) < 4.78 is 0. The van der Waals surface area contributed by atoms with Crippen LogP contribution in [-0.2, 0) is 30.1 Å². The van der Waals surface area contributed by atoms with Crippen molar-refractivity contribution in [3.63, 3.8) is 0 Å². The number of hydrogen-bond donors (Lipinski definition) is 1. The maximum atomic E-state index is 8.06. The van der Waals surface area contributed by atoms with Gasteiger partial charge in [0.15, 0.2) is 0 Å². The molecule has 6 heteroatoms. The Labute approximate surface area is 146 Å². The minimum atomic E-state index is -0.556. The molecule has 0 saturated carbocycles. The molecule has 0 radical (unpaired) electrons. The van der Waals surface area contributed by atoms with E-state index in [1.807, 2.05) is 0 Å². The molecule has 0 atom stereocenters. The van der Waals surface area contributed by atoms with Gasteiger partial charge in [-0.1, -0.05) is 0 Å². The van der Waals surface area contributed by atoms with Gasteiger partial charge < -0.3 is 14.9 Å². The van der Waals surface area contributed by atoms with Crippen LogP contribution >= 0.6 is 18.6 Å². The first-order valence-electron chi connectivity index (χ1n) is 6.66. The molecule has 0 fully saturated rings. The third-order valence-electron chi connectivity index (χ3n) is 1.89. The van der Waals surface area contributed by atoms with Crippen molar-refractivity contribution >= 4 is 18.6 Å². The predicted molar refractivity (Wildman–Crippen MR) is 89.1 cm³/mol. The fourth-order valence-electron chi connectivity index (χ4n) is 1.44. The first-order chi connectivity index (χ1) is 9.72. The zero-order chi connectivity index (χ0) is 16.8. The van der Waals surface area contributed by atoms with Crippen molar-refractivity contribution in [2.75, 3.05) is 28.2 Å². The fourth-order valence-corrected chi connectivity index (χ4v) is 1.44. The molecule has 0 unspecified atom stereocenters. The molecule has 1 aromatic rings. The minimum absolute atomic E-state index is 0.167. The van der Waals surface area contributed by atoms with Gasteiger partial charge in [0.25, 0.3) is 0 Å². The van der Waals surface area contributed by atoms with Crippen LogP contribution in [0.2, 0.25) is 0 Å². The number of aliphatic hydroxyl groups is 1. The Morgan fingerprint density at radius 3 is 1.57 bits per heavy atom. The van der Waals surface area contributed by atoms with Crippen molar-refractivity contribution in [1.82, 2.24) is 9.80 Å². The first kappa shape index (κ1) is 23.7. The molecular formula is C15H27Cl2N2OTi-. The van der Waals surface area contributed by atoms with Crippen LogP contribution in [0, 0.1) is 6.07 Å². The van der Waals surface area contributed by atoms with Crippen molar-refractivity contribution in [3.8, 4) is 0 Å². The Balaban J connectivity index is 0. The summed E-state index contributed by atoms with van der Waals surface area (Å²) in [6.07, 6.45) is -0.167. The van der Waals surface area contributed by atoms with Crippen LogP contribution in [0.15, 0.2) is 18.2 Å². The summed E-state index contributed by atoms with van der Waals surface area (Å²) in [5.41, 5.74) is 2.52. The molecule has 1 N–H and O–H groups in total. The summed E-state index contributed by atoms with van der Waals surface area (Å²) in [4.78, 5) is 4.32. The zero-order valence-electron chi connectivity index (χ0n) is 13.8. The second-order valence-electron chi connectivity index (χ2n) is 5.34. The normalized spacial score (nSPS) is 9.90. The van der Waals surface area contributed by atoms with Gasteiger partial charge in [0.05, 0.1) is 0 Å². The summed E-state index contributed by atoms with van der Waals surface area (Å²) >= 11 is -0.556. The van der Waals surface area contributed by atoms with Crippen LogP contribution in [0.1, 0.15) is 25.0 Å². The van der Waals surface area contributed by atoms with Gasteiger partial charge in [-0.25, -0.2) is 0 Å². The summed E-state index contributed by atoms with van der Waals surface area (Å²) in [5, 5.41) is 8.06. The average Bonchev–Trinajstić information content (AvgIpc) is 2.27. The number of nitrogens with zero attached hydrogens (tertiary/aromatic N) is 2. The topological polar surface area (TPSA) is 26.7 Å². The molecule has 21 heavy (non-hydrogen) atoms. The number of hydrogen-bond acceptors (Lipinski definition) is 3. The van der Waals surface area contributed by atoms with Gasteiger partial charge in [-0.3, -0.25) is 0 Å². The van der Waals surface area contributed by atoms with E-state index >= 15 is 0 Å². The van der Waals surface area contributed by atoms with Crippen LogP contribution in [0.4, 0.5) is 0 Å².